The lowest BCUT2D eigenvalue weighted by atomic mass is 9.94. The summed E-state index contributed by atoms with van der Waals surface area (Å²) in [6.45, 7) is 2.08. The molecule has 3 heteroatoms. The van der Waals surface area contributed by atoms with Gasteiger partial charge in [0.15, 0.2) is 5.43 Å². The fourth-order valence-electron chi connectivity index (χ4n) is 3.12. The lowest BCUT2D eigenvalue weighted by molar-refractivity contribution is 0.0999. The van der Waals surface area contributed by atoms with Gasteiger partial charge in [0.05, 0.1) is 5.56 Å². The van der Waals surface area contributed by atoms with Gasteiger partial charge < -0.3 is 5.73 Å². The third kappa shape index (κ3) is 2.35. The average Bonchev–Trinajstić information content (AvgIpc) is 2.68. The molecule has 0 fully saturated rings. The van der Waals surface area contributed by atoms with Gasteiger partial charge in [-0.3, -0.25) is 9.59 Å². The van der Waals surface area contributed by atoms with E-state index in [-0.39, 0.29) is 11.0 Å². The van der Waals surface area contributed by atoms with E-state index < -0.39 is 5.91 Å². The van der Waals surface area contributed by atoms with Gasteiger partial charge in [0.1, 0.15) is 0 Å². The van der Waals surface area contributed by atoms with E-state index in [4.69, 9.17) is 5.73 Å². The van der Waals surface area contributed by atoms with E-state index in [0.29, 0.717) is 0 Å². The van der Waals surface area contributed by atoms with Gasteiger partial charge in [-0.25, -0.2) is 0 Å². The number of hydrogen-bond donors (Lipinski definition) is 1. The Morgan fingerprint density at radius 2 is 1.86 bits per heavy atom. The monoisotopic (exact) mass is 279 g/mol. The molecule has 3 nitrogen and oxygen atoms in total. The minimum absolute atomic E-state index is 0.0539. The summed E-state index contributed by atoms with van der Waals surface area (Å²) in [7, 11) is 0. The number of rotatable bonds is 1. The fourth-order valence-corrected chi connectivity index (χ4v) is 3.12. The second-order valence-electron chi connectivity index (χ2n) is 5.52. The molecule has 1 aliphatic carbocycles. The highest BCUT2D eigenvalue weighted by Gasteiger charge is 2.17. The van der Waals surface area contributed by atoms with Gasteiger partial charge in [-0.15, -0.1) is 0 Å². The molecule has 0 spiro atoms. The van der Waals surface area contributed by atoms with Crippen molar-refractivity contribution in [1.82, 2.24) is 0 Å². The van der Waals surface area contributed by atoms with E-state index >= 15 is 0 Å². The van der Waals surface area contributed by atoms with Crippen LogP contribution in [0.5, 0.6) is 0 Å². The molecule has 0 unspecified atom stereocenters. The maximum Gasteiger partial charge on any atom is 0.252 e. The first kappa shape index (κ1) is 13.6. The van der Waals surface area contributed by atoms with Crippen molar-refractivity contribution in [3.63, 3.8) is 0 Å². The first-order chi connectivity index (χ1) is 10.1. The largest absolute Gasteiger partial charge is 0.365 e. The summed E-state index contributed by atoms with van der Waals surface area (Å²) in [5.41, 5.74) is 10.8. The molecule has 0 atom stereocenters. The number of carbonyl (C=O) groups is 1. The molecule has 21 heavy (non-hydrogen) atoms. The molecule has 0 aromatic heterocycles. The van der Waals surface area contributed by atoms with Crippen LogP contribution in [0, 0.1) is 6.92 Å². The van der Waals surface area contributed by atoms with Gasteiger partial charge in [-0.05, 0) is 66.1 Å². The quantitative estimate of drug-likeness (QED) is 0.872. The van der Waals surface area contributed by atoms with Crippen molar-refractivity contribution in [3.8, 4) is 11.1 Å². The zero-order valence-corrected chi connectivity index (χ0v) is 12.0. The number of amides is 1. The first-order valence-electron chi connectivity index (χ1n) is 7.14. The highest BCUT2D eigenvalue weighted by atomic mass is 16.2. The number of benzene rings is 1. The van der Waals surface area contributed by atoms with Crippen molar-refractivity contribution in [2.24, 2.45) is 5.73 Å². The number of hydrogen-bond acceptors (Lipinski definition) is 2. The zero-order valence-electron chi connectivity index (χ0n) is 12.0. The van der Waals surface area contributed by atoms with Crippen molar-refractivity contribution in [1.29, 1.82) is 0 Å². The van der Waals surface area contributed by atoms with Crippen LogP contribution in [0.2, 0.25) is 0 Å². The third-order valence-electron chi connectivity index (χ3n) is 4.12. The molecule has 3 rings (SSSR count). The molecule has 0 saturated heterocycles. The molecule has 0 bridgehead atoms. The molecular formula is C18H17NO2. The second kappa shape index (κ2) is 5.17. The van der Waals surface area contributed by atoms with Crippen molar-refractivity contribution < 1.29 is 4.79 Å². The van der Waals surface area contributed by atoms with Crippen LogP contribution in [0.4, 0.5) is 0 Å². The Balaban J connectivity index is 2.36. The molecule has 0 aliphatic heterocycles. The third-order valence-corrected chi connectivity index (χ3v) is 4.12. The van der Waals surface area contributed by atoms with Crippen molar-refractivity contribution >= 4 is 5.91 Å². The maximum atomic E-state index is 12.1. The number of primary amides is 1. The Kier molecular flexibility index (Phi) is 3.34. The van der Waals surface area contributed by atoms with Crippen LogP contribution in [0.15, 0.2) is 41.2 Å². The molecule has 106 valence electrons. The Hall–Kier alpha value is -2.42. The first-order valence-corrected chi connectivity index (χ1v) is 7.14. The zero-order chi connectivity index (χ0) is 15.0. The molecule has 0 heterocycles. The van der Waals surface area contributed by atoms with Crippen LogP contribution in [-0.4, -0.2) is 5.91 Å². The Bertz CT molecular complexity index is 794. The smallest absolute Gasteiger partial charge is 0.252 e. The number of aryl methyl sites for hydroxylation is 3. The van der Waals surface area contributed by atoms with E-state index in [1.54, 1.807) is 12.1 Å². The Labute approximate surface area is 123 Å². The summed E-state index contributed by atoms with van der Waals surface area (Å²) in [6, 6.07) is 11.3. The van der Waals surface area contributed by atoms with Crippen LogP contribution in [0.1, 0.15) is 33.5 Å². The van der Waals surface area contributed by atoms with Gasteiger partial charge in [0.25, 0.3) is 5.91 Å². The second-order valence-corrected chi connectivity index (χ2v) is 5.52. The summed E-state index contributed by atoms with van der Waals surface area (Å²) in [6.07, 6.45) is 2.84. The fraction of sp³-hybridized carbons (Fsp3) is 0.222. The van der Waals surface area contributed by atoms with Crippen LogP contribution in [0.3, 0.4) is 0 Å². The molecule has 0 radical (unpaired) electrons. The molecule has 2 aromatic rings. The number of carbonyl (C=O) groups excluding carboxylic acids is 1. The molecule has 2 N–H and O–H groups in total. The van der Waals surface area contributed by atoms with Gasteiger partial charge in [-0.2, -0.15) is 0 Å². The highest BCUT2D eigenvalue weighted by molar-refractivity contribution is 5.93. The normalized spacial score (nSPS) is 13.0. The lowest BCUT2D eigenvalue weighted by Gasteiger charge is -2.10. The van der Waals surface area contributed by atoms with Crippen molar-refractivity contribution in [3.05, 3.63) is 68.9 Å². The van der Waals surface area contributed by atoms with E-state index in [9.17, 15) is 9.59 Å². The van der Waals surface area contributed by atoms with Gasteiger partial charge in [0, 0.05) is 0 Å². The van der Waals surface area contributed by atoms with Crippen molar-refractivity contribution in [2.45, 2.75) is 26.2 Å². The molecule has 1 aliphatic rings. The van der Waals surface area contributed by atoms with E-state index in [2.05, 4.69) is 25.1 Å². The van der Waals surface area contributed by atoms with Crippen molar-refractivity contribution in [2.75, 3.05) is 0 Å². The summed E-state index contributed by atoms with van der Waals surface area (Å²) in [5.74, 6) is -0.671. The lowest BCUT2D eigenvalue weighted by Crippen LogP contribution is -2.19. The van der Waals surface area contributed by atoms with E-state index in [1.807, 2.05) is 6.07 Å². The summed E-state index contributed by atoms with van der Waals surface area (Å²) in [5, 5.41) is 0. The molecule has 0 saturated carbocycles. The SMILES string of the molecule is Cc1cccc2c1-c1ccc(C(N)=O)c(=O)cc1CCC2. The van der Waals surface area contributed by atoms with Crippen LogP contribution in [0.25, 0.3) is 11.1 Å². The number of fused-ring (bicyclic) bond motifs is 3. The highest BCUT2D eigenvalue weighted by Crippen LogP contribution is 2.33. The van der Waals surface area contributed by atoms with Crippen LogP contribution in [-0.2, 0) is 12.8 Å². The average molecular weight is 279 g/mol. The van der Waals surface area contributed by atoms with Crippen LogP contribution >= 0.6 is 0 Å². The minimum Gasteiger partial charge on any atom is -0.365 e. The van der Waals surface area contributed by atoms with Gasteiger partial charge in [-0.1, -0.05) is 24.3 Å². The summed E-state index contributed by atoms with van der Waals surface area (Å²) < 4.78 is 0. The predicted octanol–water partition coefficient (Wildman–Crippen LogP) is 2.61. The van der Waals surface area contributed by atoms with E-state index in [1.165, 1.54) is 16.7 Å². The maximum absolute atomic E-state index is 12.1. The summed E-state index contributed by atoms with van der Waals surface area (Å²) in [4.78, 5) is 23.5. The molecular weight excluding hydrogens is 262 g/mol. The topological polar surface area (TPSA) is 60.2 Å². The molecule has 1 amide bonds. The summed E-state index contributed by atoms with van der Waals surface area (Å²) >= 11 is 0. The van der Waals surface area contributed by atoms with Gasteiger partial charge in [0.2, 0.25) is 0 Å². The Morgan fingerprint density at radius 3 is 2.62 bits per heavy atom. The number of nitrogens with two attached hydrogens (primary N) is 1. The standard InChI is InChI=1S/C18H17NO2/c1-11-4-2-5-12-6-3-7-13-10-16(20)15(18(19)21)9-8-14(13)17(11)12/h2,4-5,8-10H,3,6-7H2,1H3,(H2,19,21). The minimum atomic E-state index is -0.671. The van der Waals surface area contributed by atoms with E-state index in [0.717, 1.165) is 30.4 Å². The van der Waals surface area contributed by atoms with Gasteiger partial charge >= 0.3 is 0 Å². The Morgan fingerprint density at radius 1 is 1.10 bits per heavy atom. The predicted molar refractivity (Wildman–Crippen MR) is 83.4 cm³/mol. The van der Waals surface area contributed by atoms with Crippen LogP contribution < -0.4 is 11.2 Å². The molecule has 2 aromatic carbocycles.